The summed E-state index contributed by atoms with van der Waals surface area (Å²) in [6.45, 7) is 3.73. The molecule has 4 nitrogen and oxygen atoms in total. The number of carbonyl (C=O) groups is 2. The van der Waals surface area contributed by atoms with E-state index in [-0.39, 0.29) is 17.9 Å². The molecule has 0 spiro atoms. The Balaban J connectivity index is 1.84. The van der Waals surface area contributed by atoms with Crippen LogP contribution in [-0.2, 0) is 21.4 Å². The number of fused-ring (bicyclic) bond motifs is 1. The highest BCUT2D eigenvalue weighted by atomic mass is 35.5. The van der Waals surface area contributed by atoms with Gasteiger partial charge in [-0.15, -0.1) is 0 Å². The van der Waals surface area contributed by atoms with Gasteiger partial charge < -0.3 is 10.1 Å². The number of nitrogens with one attached hydrogen (secondary N) is 1. The van der Waals surface area contributed by atoms with E-state index in [1.165, 1.54) is 7.11 Å². The zero-order chi connectivity index (χ0) is 18.9. The number of esters is 1. The number of aryl methyl sites for hydroxylation is 1. The fourth-order valence-electron chi connectivity index (χ4n) is 3.43. The first-order valence-electron chi connectivity index (χ1n) is 8.61. The molecular formula is C21H22ClNO3. The molecule has 0 fully saturated rings. The van der Waals surface area contributed by atoms with Gasteiger partial charge in [0.2, 0.25) is 5.91 Å². The number of ether oxygens (including phenoxy) is 1. The maximum absolute atomic E-state index is 13.0. The number of rotatable bonds is 4. The van der Waals surface area contributed by atoms with E-state index in [1.54, 1.807) is 12.1 Å². The highest BCUT2D eigenvalue weighted by Crippen LogP contribution is 2.35. The van der Waals surface area contributed by atoms with E-state index in [0.717, 1.165) is 29.5 Å². The van der Waals surface area contributed by atoms with Crippen molar-refractivity contribution < 1.29 is 14.3 Å². The normalized spacial score (nSPS) is 16.1. The van der Waals surface area contributed by atoms with Gasteiger partial charge in [0, 0.05) is 5.02 Å². The second-order valence-corrected chi connectivity index (χ2v) is 7.48. The van der Waals surface area contributed by atoms with Crippen molar-refractivity contribution in [3.63, 3.8) is 0 Å². The Hall–Kier alpha value is -2.33. The van der Waals surface area contributed by atoms with Gasteiger partial charge in [-0.3, -0.25) is 4.79 Å². The Labute approximate surface area is 158 Å². The van der Waals surface area contributed by atoms with Crippen LogP contribution in [0.1, 0.15) is 53.4 Å². The van der Waals surface area contributed by atoms with Gasteiger partial charge in [0.05, 0.1) is 24.1 Å². The molecule has 1 atom stereocenters. The van der Waals surface area contributed by atoms with Gasteiger partial charge in [-0.2, -0.15) is 0 Å². The predicted octanol–water partition coefficient (Wildman–Crippen LogP) is 4.21. The molecule has 1 aliphatic rings. The number of methoxy groups -OCH3 is 1. The van der Waals surface area contributed by atoms with Crippen LogP contribution in [0.4, 0.5) is 0 Å². The number of carbonyl (C=O) groups excluding carboxylic acids is 2. The van der Waals surface area contributed by atoms with Crippen molar-refractivity contribution in [1.29, 1.82) is 0 Å². The third-order valence-electron chi connectivity index (χ3n) is 5.06. The van der Waals surface area contributed by atoms with Crippen LogP contribution in [-0.4, -0.2) is 19.0 Å². The number of amides is 1. The van der Waals surface area contributed by atoms with E-state index in [0.29, 0.717) is 10.6 Å². The lowest BCUT2D eigenvalue weighted by atomic mass is 9.83. The topological polar surface area (TPSA) is 55.4 Å². The minimum atomic E-state index is -0.763. The first-order chi connectivity index (χ1) is 12.3. The minimum absolute atomic E-state index is 0.0908. The molecule has 3 rings (SSSR count). The molecule has 0 saturated heterocycles. The van der Waals surface area contributed by atoms with E-state index >= 15 is 0 Å². The molecule has 0 heterocycles. The van der Waals surface area contributed by atoms with Crippen molar-refractivity contribution in [2.75, 3.05) is 7.11 Å². The van der Waals surface area contributed by atoms with Crippen LogP contribution in [0.2, 0.25) is 5.02 Å². The highest BCUT2D eigenvalue weighted by Gasteiger charge is 2.34. The number of hydrogen-bond acceptors (Lipinski definition) is 3. The zero-order valence-corrected chi connectivity index (χ0v) is 15.9. The molecule has 1 amide bonds. The fourth-order valence-corrected chi connectivity index (χ4v) is 3.80. The van der Waals surface area contributed by atoms with E-state index in [9.17, 15) is 9.59 Å². The first-order valence-corrected chi connectivity index (χ1v) is 8.99. The van der Waals surface area contributed by atoms with E-state index in [2.05, 4.69) is 5.32 Å². The van der Waals surface area contributed by atoms with Crippen LogP contribution >= 0.6 is 11.6 Å². The van der Waals surface area contributed by atoms with Crippen molar-refractivity contribution in [2.45, 2.75) is 38.1 Å². The predicted molar refractivity (Wildman–Crippen MR) is 101 cm³/mol. The highest BCUT2D eigenvalue weighted by molar-refractivity contribution is 6.31. The molecule has 26 heavy (non-hydrogen) atoms. The second-order valence-electron chi connectivity index (χ2n) is 7.07. The van der Waals surface area contributed by atoms with Crippen molar-refractivity contribution in [3.05, 3.63) is 69.7 Å². The average Bonchev–Trinajstić information content (AvgIpc) is 3.03. The minimum Gasteiger partial charge on any atom is -0.465 e. The molecule has 0 unspecified atom stereocenters. The largest absolute Gasteiger partial charge is 0.465 e. The van der Waals surface area contributed by atoms with Crippen molar-refractivity contribution in [1.82, 2.24) is 5.32 Å². The lowest BCUT2D eigenvalue weighted by Gasteiger charge is -2.27. The summed E-state index contributed by atoms with van der Waals surface area (Å²) in [6, 6.07) is 12.8. The Bertz CT molecular complexity index is 860. The molecule has 1 N–H and O–H groups in total. The summed E-state index contributed by atoms with van der Waals surface area (Å²) in [5.41, 5.74) is 2.66. The fraction of sp³-hybridized carbons (Fsp3) is 0.333. The summed E-state index contributed by atoms with van der Waals surface area (Å²) >= 11 is 6.29. The Morgan fingerprint density at radius 2 is 1.92 bits per heavy atom. The van der Waals surface area contributed by atoms with Crippen molar-refractivity contribution >= 4 is 23.5 Å². The molecule has 1 aliphatic carbocycles. The van der Waals surface area contributed by atoms with Crippen LogP contribution in [0.15, 0.2) is 42.5 Å². The van der Waals surface area contributed by atoms with Gasteiger partial charge in [0.15, 0.2) is 0 Å². The monoisotopic (exact) mass is 371 g/mol. The summed E-state index contributed by atoms with van der Waals surface area (Å²) in [5.74, 6) is -0.465. The van der Waals surface area contributed by atoms with Crippen LogP contribution in [0, 0.1) is 0 Å². The van der Waals surface area contributed by atoms with Crippen LogP contribution in [0.3, 0.4) is 0 Å². The lowest BCUT2D eigenvalue weighted by Crippen LogP contribution is -2.41. The summed E-state index contributed by atoms with van der Waals surface area (Å²) in [5, 5.41) is 3.71. The average molecular weight is 372 g/mol. The molecule has 0 aromatic heterocycles. The van der Waals surface area contributed by atoms with E-state index in [1.807, 2.05) is 44.2 Å². The molecule has 2 aromatic carbocycles. The molecule has 2 aromatic rings. The Morgan fingerprint density at radius 3 is 2.62 bits per heavy atom. The maximum Gasteiger partial charge on any atom is 0.337 e. The number of halogens is 1. The summed E-state index contributed by atoms with van der Waals surface area (Å²) in [7, 11) is 1.36. The number of hydrogen-bond donors (Lipinski definition) is 1. The van der Waals surface area contributed by atoms with Gasteiger partial charge in [0.1, 0.15) is 0 Å². The third-order valence-corrected chi connectivity index (χ3v) is 5.39. The van der Waals surface area contributed by atoms with Crippen LogP contribution in [0.5, 0.6) is 0 Å². The molecule has 0 saturated carbocycles. The Kier molecular flexibility index (Phi) is 5.05. The smallest absolute Gasteiger partial charge is 0.337 e. The molecule has 0 aliphatic heterocycles. The summed E-state index contributed by atoms with van der Waals surface area (Å²) < 4.78 is 4.80. The molecule has 0 bridgehead atoms. The second kappa shape index (κ2) is 7.12. The number of benzene rings is 2. The standard InChI is InChI=1S/C21H22ClNO3/c1-21(2,16-6-4-5-7-17(16)22)20(25)23-18-11-10-13-8-9-14(12-15(13)18)19(24)26-3/h4-9,12,18H,10-11H2,1-3H3,(H,23,25)/t18-/m1/s1. The van der Waals surface area contributed by atoms with Gasteiger partial charge >= 0.3 is 5.97 Å². The van der Waals surface area contributed by atoms with Gasteiger partial charge in [-0.05, 0) is 61.6 Å². The molecular weight excluding hydrogens is 350 g/mol. The van der Waals surface area contributed by atoms with Crippen molar-refractivity contribution in [2.24, 2.45) is 0 Å². The Morgan fingerprint density at radius 1 is 1.19 bits per heavy atom. The van der Waals surface area contributed by atoms with Crippen LogP contribution < -0.4 is 5.32 Å². The summed E-state index contributed by atoms with van der Waals surface area (Å²) in [6.07, 6.45) is 1.68. The van der Waals surface area contributed by atoms with Gasteiger partial charge in [0.25, 0.3) is 0 Å². The summed E-state index contributed by atoms with van der Waals surface area (Å²) in [4.78, 5) is 24.8. The molecule has 0 radical (unpaired) electrons. The lowest BCUT2D eigenvalue weighted by molar-refractivity contribution is -0.126. The molecule has 5 heteroatoms. The SMILES string of the molecule is COC(=O)c1ccc2c(c1)[C@H](NC(=O)C(C)(C)c1ccccc1Cl)CC2. The quantitative estimate of drug-likeness (QED) is 0.819. The van der Waals surface area contributed by atoms with Crippen LogP contribution in [0.25, 0.3) is 0 Å². The first kappa shape index (κ1) is 18.5. The zero-order valence-electron chi connectivity index (χ0n) is 15.1. The third kappa shape index (κ3) is 3.34. The van der Waals surface area contributed by atoms with E-state index < -0.39 is 5.41 Å². The van der Waals surface area contributed by atoms with Crippen molar-refractivity contribution in [3.8, 4) is 0 Å². The molecule has 136 valence electrons. The van der Waals surface area contributed by atoms with Gasteiger partial charge in [-0.25, -0.2) is 4.79 Å². The van der Waals surface area contributed by atoms with Gasteiger partial charge in [-0.1, -0.05) is 35.9 Å². The maximum atomic E-state index is 13.0. The van der Waals surface area contributed by atoms with E-state index in [4.69, 9.17) is 16.3 Å².